The molecule has 0 spiro atoms. The fraction of sp³-hybridized carbons (Fsp3) is 0.867. The van der Waals surface area contributed by atoms with Crippen LogP contribution in [0.25, 0.3) is 0 Å². The monoisotopic (exact) mass is 282 g/mol. The van der Waals surface area contributed by atoms with Crippen molar-refractivity contribution in [3.8, 4) is 0 Å². The molecule has 20 heavy (non-hydrogen) atoms. The molecule has 1 saturated heterocycles. The highest BCUT2D eigenvalue weighted by molar-refractivity contribution is 5.75. The third-order valence-electron chi connectivity index (χ3n) is 4.81. The summed E-state index contributed by atoms with van der Waals surface area (Å²) in [5, 5.41) is 12.0. The number of nitrogens with zero attached hydrogens (tertiary/aromatic N) is 1. The molecule has 2 fully saturated rings. The Morgan fingerprint density at radius 1 is 1.20 bits per heavy atom. The second-order valence-electron chi connectivity index (χ2n) is 7.29. The molecule has 114 valence electrons. The van der Waals surface area contributed by atoms with Crippen molar-refractivity contribution in [2.45, 2.75) is 52.5 Å². The van der Waals surface area contributed by atoms with Crippen molar-refractivity contribution in [1.29, 1.82) is 0 Å². The Balaban J connectivity index is 1.81. The van der Waals surface area contributed by atoms with Crippen molar-refractivity contribution in [2.75, 3.05) is 13.1 Å². The van der Waals surface area contributed by atoms with Gasteiger partial charge in [0.1, 0.15) is 0 Å². The van der Waals surface area contributed by atoms with Gasteiger partial charge in [-0.3, -0.25) is 4.79 Å². The first-order chi connectivity index (χ1) is 9.27. The number of hydrogen-bond acceptors (Lipinski definition) is 2. The van der Waals surface area contributed by atoms with E-state index in [0.717, 1.165) is 25.9 Å². The van der Waals surface area contributed by atoms with Gasteiger partial charge in [-0.15, -0.1) is 0 Å². The van der Waals surface area contributed by atoms with E-state index in [1.54, 1.807) is 0 Å². The van der Waals surface area contributed by atoms with Crippen LogP contribution in [0, 0.1) is 17.3 Å². The molecule has 0 bridgehead atoms. The van der Waals surface area contributed by atoms with Gasteiger partial charge >= 0.3 is 12.0 Å². The number of nitrogens with one attached hydrogen (secondary N) is 1. The largest absolute Gasteiger partial charge is 0.481 e. The first-order valence-corrected chi connectivity index (χ1v) is 7.55. The van der Waals surface area contributed by atoms with Crippen molar-refractivity contribution >= 4 is 12.0 Å². The molecule has 0 radical (unpaired) electrons. The maximum atomic E-state index is 12.2. The first-order valence-electron chi connectivity index (χ1n) is 7.55. The summed E-state index contributed by atoms with van der Waals surface area (Å²) in [7, 11) is 0. The smallest absolute Gasteiger partial charge is 0.317 e. The molecule has 0 aromatic heterocycles. The molecule has 0 aromatic rings. The number of carboxylic acids is 1. The van der Waals surface area contributed by atoms with Gasteiger partial charge in [0.05, 0.1) is 5.92 Å². The van der Waals surface area contributed by atoms with Gasteiger partial charge in [0, 0.05) is 19.1 Å². The Bertz CT molecular complexity index is 389. The van der Waals surface area contributed by atoms with E-state index in [9.17, 15) is 9.59 Å². The molecule has 1 aliphatic heterocycles. The van der Waals surface area contributed by atoms with E-state index < -0.39 is 5.97 Å². The number of carbonyl (C=O) groups excluding carboxylic acids is 1. The molecule has 2 N–H and O–H groups in total. The van der Waals surface area contributed by atoms with E-state index in [1.165, 1.54) is 0 Å². The molecule has 3 atom stereocenters. The van der Waals surface area contributed by atoms with Gasteiger partial charge in [0.2, 0.25) is 0 Å². The molecular formula is C15H26N2O3. The van der Waals surface area contributed by atoms with Crippen LogP contribution in [0.1, 0.15) is 46.5 Å². The maximum absolute atomic E-state index is 12.2. The van der Waals surface area contributed by atoms with Crippen molar-refractivity contribution < 1.29 is 14.7 Å². The molecule has 2 aliphatic rings. The molecule has 1 saturated carbocycles. The molecule has 3 unspecified atom stereocenters. The molecule has 2 rings (SSSR count). The van der Waals surface area contributed by atoms with Crippen LogP contribution in [-0.4, -0.2) is 41.1 Å². The quantitative estimate of drug-likeness (QED) is 0.816. The average Bonchev–Trinajstić information content (AvgIpc) is 2.95. The third kappa shape index (κ3) is 3.44. The Hall–Kier alpha value is -1.26. The van der Waals surface area contributed by atoms with Crippen LogP contribution in [0.15, 0.2) is 0 Å². The van der Waals surface area contributed by atoms with Gasteiger partial charge in [-0.1, -0.05) is 20.8 Å². The summed E-state index contributed by atoms with van der Waals surface area (Å²) in [5.41, 5.74) is 0.233. The summed E-state index contributed by atoms with van der Waals surface area (Å²) in [4.78, 5) is 25.0. The SMILES string of the molecule is CC(C)(C)C1CCN(C(=O)NC2CCC(C(=O)O)C2)C1. The highest BCUT2D eigenvalue weighted by atomic mass is 16.4. The van der Waals surface area contributed by atoms with Crippen LogP contribution >= 0.6 is 0 Å². The van der Waals surface area contributed by atoms with Gasteiger partial charge in [-0.25, -0.2) is 4.79 Å². The molecule has 1 heterocycles. The maximum Gasteiger partial charge on any atom is 0.317 e. The van der Waals surface area contributed by atoms with E-state index in [4.69, 9.17) is 5.11 Å². The Kier molecular flexibility index (Phi) is 4.25. The lowest BCUT2D eigenvalue weighted by molar-refractivity contribution is -0.141. The summed E-state index contributed by atoms with van der Waals surface area (Å²) in [5.74, 6) is -0.486. The molecule has 5 heteroatoms. The third-order valence-corrected chi connectivity index (χ3v) is 4.81. The summed E-state index contributed by atoms with van der Waals surface area (Å²) >= 11 is 0. The van der Waals surface area contributed by atoms with E-state index in [0.29, 0.717) is 18.8 Å². The second kappa shape index (κ2) is 5.62. The topological polar surface area (TPSA) is 69.6 Å². The van der Waals surface area contributed by atoms with E-state index in [1.807, 2.05) is 4.90 Å². The number of amides is 2. The van der Waals surface area contributed by atoms with E-state index in [-0.39, 0.29) is 23.4 Å². The van der Waals surface area contributed by atoms with E-state index in [2.05, 4.69) is 26.1 Å². The van der Waals surface area contributed by atoms with Crippen molar-refractivity contribution in [2.24, 2.45) is 17.3 Å². The number of hydrogen-bond donors (Lipinski definition) is 2. The van der Waals surface area contributed by atoms with Gasteiger partial charge in [-0.2, -0.15) is 0 Å². The van der Waals surface area contributed by atoms with Crippen LogP contribution < -0.4 is 5.32 Å². The minimum absolute atomic E-state index is 0.0206. The number of carbonyl (C=O) groups is 2. The van der Waals surface area contributed by atoms with Crippen molar-refractivity contribution in [3.63, 3.8) is 0 Å². The Morgan fingerprint density at radius 2 is 1.90 bits per heavy atom. The Labute approximate surface area is 120 Å². The highest BCUT2D eigenvalue weighted by Gasteiger charge is 2.36. The van der Waals surface area contributed by atoms with Gasteiger partial charge < -0.3 is 15.3 Å². The van der Waals surface area contributed by atoms with Gasteiger partial charge in [0.15, 0.2) is 0 Å². The molecule has 1 aliphatic carbocycles. The fourth-order valence-electron chi connectivity index (χ4n) is 3.25. The van der Waals surface area contributed by atoms with E-state index >= 15 is 0 Å². The van der Waals surface area contributed by atoms with Crippen molar-refractivity contribution in [1.82, 2.24) is 10.2 Å². The predicted octanol–water partition coefficient (Wildman–Crippen LogP) is 2.32. The lowest BCUT2D eigenvalue weighted by Crippen LogP contribution is -2.43. The molecule has 2 amide bonds. The number of carboxylic acid groups (broad SMARTS) is 1. The number of urea groups is 1. The lowest BCUT2D eigenvalue weighted by atomic mass is 9.80. The zero-order valence-electron chi connectivity index (χ0n) is 12.7. The summed E-state index contributed by atoms with van der Waals surface area (Å²) in [6.45, 7) is 8.27. The zero-order chi connectivity index (χ0) is 14.9. The second-order valence-corrected chi connectivity index (χ2v) is 7.29. The van der Waals surface area contributed by atoms with Crippen molar-refractivity contribution in [3.05, 3.63) is 0 Å². The fourth-order valence-corrected chi connectivity index (χ4v) is 3.25. The highest BCUT2D eigenvalue weighted by Crippen LogP contribution is 2.33. The number of aliphatic carboxylic acids is 1. The zero-order valence-corrected chi connectivity index (χ0v) is 12.7. The normalized spacial score (nSPS) is 30.6. The molecule has 0 aromatic carbocycles. The predicted molar refractivity (Wildman–Crippen MR) is 76.4 cm³/mol. The average molecular weight is 282 g/mol. The van der Waals surface area contributed by atoms with Gasteiger partial charge in [-0.05, 0) is 37.0 Å². The van der Waals surface area contributed by atoms with Crippen LogP contribution in [0.2, 0.25) is 0 Å². The molecular weight excluding hydrogens is 256 g/mol. The summed E-state index contributed by atoms with van der Waals surface area (Å²) < 4.78 is 0. The molecule has 5 nitrogen and oxygen atoms in total. The minimum Gasteiger partial charge on any atom is -0.481 e. The van der Waals surface area contributed by atoms with Crippen LogP contribution in [0.5, 0.6) is 0 Å². The lowest BCUT2D eigenvalue weighted by Gasteiger charge is -2.27. The number of rotatable bonds is 2. The standard InChI is InChI=1S/C15H26N2O3/c1-15(2,3)11-6-7-17(9-11)14(20)16-12-5-4-10(8-12)13(18)19/h10-12H,4-9H2,1-3H3,(H,16,20)(H,18,19). The summed E-state index contributed by atoms with van der Waals surface area (Å²) in [6.07, 6.45) is 3.07. The van der Waals surface area contributed by atoms with Gasteiger partial charge in [0.25, 0.3) is 0 Å². The summed E-state index contributed by atoms with van der Waals surface area (Å²) in [6, 6.07) is 0.00470. The number of likely N-dealkylation sites (tertiary alicyclic amines) is 1. The van der Waals surface area contributed by atoms with Crippen LogP contribution in [0.4, 0.5) is 4.79 Å². The first kappa shape index (κ1) is 15.1. The minimum atomic E-state index is -0.740. The van der Waals surface area contributed by atoms with Crippen LogP contribution in [0.3, 0.4) is 0 Å². The van der Waals surface area contributed by atoms with Crippen LogP contribution in [-0.2, 0) is 4.79 Å². The Morgan fingerprint density at radius 3 is 2.40 bits per heavy atom.